The molecule has 7 nitrogen and oxygen atoms in total. The molecule has 0 spiro atoms. The summed E-state index contributed by atoms with van der Waals surface area (Å²) in [5.74, 6) is -13.4. The molecule has 2 aliphatic carbocycles. The number of phenolic OH excluding ortho intramolecular Hbond substituents is 1. The van der Waals surface area contributed by atoms with E-state index in [1.54, 1.807) is 0 Å². The average molecular weight is 819 g/mol. The molecule has 2 saturated heterocycles. The lowest BCUT2D eigenvalue weighted by atomic mass is 9.57. The maximum Gasteiger partial charge on any atom is 0.416 e. The second-order valence-electron chi connectivity index (χ2n) is 14.6. The molecule has 4 aliphatic rings. The number of carbonyl (C=O) groups is 4. The van der Waals surface area contributed by atoms with E-state index in [1.165, 1.54) is 32.1 Å². The van der Waals surface area contributed by atoms with E-state index in [0.717, 1.165) is 0 Å². The Morgan fingerprint density at radius 1 is 0.526 bits per heavy atom. The van der Waals surface area contributed by atoms with Crippen LogP contribution in [0.1, 0.15) is 57.7 Å². The van der Waals surface area contributed by atoms with E-state index in [4.69, 9.17) is 0 Å². The Balaban J connectivity index is 1.36. The van der Waals surface area contributed by atoms with Gasteiger partial charge in [0.2, 0.25) is 23.6 Å². The van der Waals surface area contributed by atoms with Crippen LogP contribution < -0.4 is 9.80 Å². The molecule has 302 valence electrons. The van der Waals surface area contributed by atoms with Crippen LogP contribution in [-0.2, 0) is 43.9 Å². The fourth-order valence-electron chi connectivity index (χ4n) is 8.78. The molecule has 2 heterocycles. The van der Waals surface area contributed by atoms with Gasteiger partial charge in [-0.1, -0.05) is 23.8 Å². The minimum Gasteiger partial charge on any atom is -0.507 e. The number of carbonyl (C=O) groups excluding carboxylic acids is 4. The highest BCUT2D eigenvalue weighted by Crippen LogP contribution is 2.59. The van der Waals surface area contributed by atoms with Crippen LogP contribution in [0.25, 0.3) is 0 Å². The van der Waals surface area contributed by atoms with E-state index in [1.807, 2.05) is 0 Å². The first-order chi connectivity index (χ1) is 26.2. The quantitative estimate of drug-likeness (QED) is 0.162. The molecule has 1 saturated carbocycles. The van der Waals surface area contributed by atoms with Crippen LogP contribution in [0.15, 0.2) is 60.2 Å². The Kier molecular flexibility index (Phi) is 8.97. The molecule has 1 N–H and O–H groups in total. The first-order valence-electron chi connectivity index (χ1n) is 17.0. The van der Waals surface area contributed by atoms with Crippen molar-refractivity contribution in [2.24, 2.45) is 29.6 Å². The van der Waals surface area contributed by atoms with Gasteiger partial charge < -0.3 is 5.11 Å². The number of alkyl halides is 12. The molecular formula is C38H26F12N2O5. The summed E-state index contributed by atoms with van der Waals surface area (Å²) in [5, 5.41) is 10.5. The minimum atomic E-state index is -5.35. The number of halogens is 12. The lowest BCUT2D eigenvalue weighted by molar-refractivity contribution is -0.144. The van der Waals surface area contributed by atoms with Gasteiger partial charge in [-0.15, -0.1) is 0 Å². The SMILES string of the molecule is Cc1cc(C2C3=CCC4C(=O)N(c5cc(C(F)(F)F)cc(C(F)(F)F)c5)C(=O)C4C3CC3C(=O)N(c4cc(C(F)(F)F)cc(C(F)(F)F)c4)C(=O)C32)cc(C)c1O. The second-order valence-corrected chi connectivity index (χ2v) is 14.6. The van der Waals surface area contributed by atoms with Gasteiger partial charge in [-0.05, 0) is 85.7 Å². The first kappa shape index (κ1) is 39.9. The molecule has 0 aromatic heterocycles. The summed E-state index contributed by atoms with van der Waals surface area (Å²) in [6.07, 6.45) is -20.8. The van der Waals surface area contributed by atoms with Gasteiger partial charge in [-0.25, -0.2) is 9.80 Å². The van der Waals surface area contributed by atoms with Crippen LogP contribution in [0.5, 0.6) is 5.75 Å². The number of fused-ring (bicyclic) bond motifs is 4. The molecule has 7 rings (SSSR count). The molecule has 3 aromatic rings. The maximum atomic E-state index is 14.3. The van der Waals surface area contributed by atoms with Gasteiger partial charge in [0, 0.05) is 5.92 Å². The Bertz CT molecular complexity index is 2200. The van der Waals surface area contributed by atoms with Crippen LogP contribution in [-0.4, -0.2) is 28.7 Å². The number of phenols is 1. The number of anilines is 2. The van der Waals surface area contributed by atoms with Gasteiger partial charge >= 0.3 is 24.7 Å². The molecule has 2 aliphatic heterocycles. The fraction of sp³-hybridized carbons (Fsp3) is 0.368. The number of hydrogen-bond donors (Lipinski definition) is 1. The number of rotatable bonds is 3. The minimum absolute atomic E-state index is 0.175. The van der Waals surface area contributed by atoms with Gasteiger partial charge in [0.15, 0.2) is 0 Å². The van der Waals surface area contributed by atoms with Crippen molar-refractivity contribution in [3.05, 3.63) is 99.1 Å². The molecule has 19 heteroatoms. The average Bonchev–Trinajstić information content (AvgIpc) is 3.50. The third kappa shape index (κ3) is 6.51. The fourth-order valence-corrected chi connectivity index (χ4v) is 8.78. The number of benzene rings is 3. The zero-order valence-electron chi connectivity index (χ0n) is 29.1. The van der Waals surface area contributed by atoms with Crippen molar-refractivity contribution in [3.63, 3.8) is 0 Å². The number of nitrogens with zero attached hydrogens (tertiary/aromatic N) is 2. The Morgan fingerprint density at radius 2 is 0.912 bits per heavy atom. The predicted octanol–water partition coefficient (Wildman–Crippen LogP) is 9.13. The number of amides is 4. The standard InChI is InChI=1S/C38H26F12N2O5/c1-14-5-16(6-15(2)30(14)53)27-23-3-4-24-28(33(56)51(31(24)54)21-9-17(35(39,40)41)7-18(10-21)36(42,43)44)25(23)13-26-29(27)34(57)52(32(26)55)22-11-19(37(45,46)47)8-20(12-22)38(48,49)50/h3,5-12,24-29,53H,4,13H2,1-2H3. The molecule has 0 bridgehead atoms. The van der Waals surface area contributed by atoms with E-state index < -0.39 is 124 Å². The maximum absolute atomic E-state index is 14.3. The van der Waals surface area contributed by atoms with Crippen molar-refractivity contribution in [1.29, 1.82) is 0 Å². The molecular weight excluding hydrogens is 792 g/mol. The van der Waals surface area contributed by atoms with Crippen molar-refractivity contribution in [2.75, 3.05) is 9.80 Å². The number of aryl methyl sites for hydroxylation is 2. The normalized spacial score (nSPS) is 25.5. The van der Waals surface area contributed by atoms with Crippen molar-refractivity contribution >= 4 is 35.0 Å². The van der Waals surface area contributed by atoms with Crippen LogP contribution in [0.2, 0.25) is 0 Å². The number of aromatic hydroxyl groups is 1. The van der Waals surface area contributed by atoms with E-state index in [-0.39, 0.29) is 80.6 Å². The van der Waals surface area contributed by atoms with E-state index in [9.17, 15) is 77.0 Å². The lowest BCUT2D eigenvalue weighted by Crippen LogP contribution is -2.43. The third-order valence-electron chi connectivity index (χ3n) is 11.2. The van der Waals surface area contributed by atoms with Gasteiger partial charge in [0.25, 0.3) is 0 Å². The van der Waals surface area contributed by atoms with Gasteiger partial charge in [0.1, 0.15) is 5.75 Å². The van der Waals surface area contributed by atoms with E-state index >= 15 is 0 Å². The highest BCUT2D eigenvalue weighted by molar-refractivity contribution is 6.24. The molecule has 6 atom stereocenters. The molecule has 3 fully saturated rings. The summed E-state index contributed by atoms with van der Waals surface area (Å²) in [6.45, 7) is 2.96. The molecule has 4 amide bonds. The zero-order chi connectivity index (χ0) is 42.1. The molecule has 3 aromatic carbocycles. The Morgan fingerprint density at radius 3 is 1.32 bits per heavy atom. The summed E-state index contributed by atoms with van der Waals surface area (Å²) in [4.78, 5) is 57.0. The topological polar surface area (TPSA) is 95.0 Å². The van der Waals surface area contributed by atoms with Crippen molar-refractivity contribution < 1.29 is 77.0 Å². The van der Waals surface area contributed by atoms with Crippen molar-refractivity contribution in [1.82, 2.24) is 0 Å². The largest absolute Gasteiger partial charge is 0.507 e. The first-order valence-corrected chi connectivity index (χ1v) is 17.0. The number of hydrogen-bond acceptors (Lipinski definition) is 5. The van der Waals surface area contributed by atoms with Crippen LogP contribution in [0, 0.1) is 43.4 Å². The lowest BCUT2D eigenvalue weighted by Gasteiger charge is -2.44. The Labute approximate surface area is 313 Å². The highest BCUT2D eigenvalue weighted by Gasteiger charge is 2.63. The van der Waals surface area contributed by atoms with E-state index in [0.29, 0.717) is 0 Å². The predicted molar refractivity (Wildman–Crippen MR) is 173 cm³/mol. The van der Waals surface area contributed by atoms with Crippen molar-refractivity contribution in [2.45, 2.75) is 57.3 Å². The van der Waals surface area contributed by atoms with Crippen LogP contribution in [0.4, 0.5) is 64.1 Å². The summed E-state index contributed by atoms with van der Waals surface area (Å²) in [5.41, 5.74) is -8.35. The highest BCUT2D eigenvalue weighted by atomic mass is 19.4. The summed E-state index contributed by atoms with van der Waals surface area (Å²) in [6, 6.07) is 3.28. The third-order valence-corrected chi connectivity index (χ3v) is 11.2. The van der Waals surface area contributed by atoms with Gasteiger partial charge in [0.05, 0.1) is 57.3 Å². The molecule has 57 heavy (non-hydrogen) atoms. The zero-order valence-corrected chi connectivity index (χ0v) is 29.1. The van der Waals surface area contributed by atoms with Crippen LogP contribution >= 0.6 is 0 Å². The number of imide groups is 2. The molecule has 0 radical (unpaired) electrons. The Hall–Kier alpha value is -5.36. The van der Waals surface area contributed by atoms with Crippen molar-refractivity contribution in [3.8, 4) is 5.75 Å². The van der Waals surface area contributed by atoms with Gasteiger partial charge in [-0.2, -0.15) is 52.7 Å². The second kappa shape index (κ2) is 12.8. The monoisotopic (exact) mass is 818 g/mol. The van der Waals surface area contributed by atoms with Crippen LogP contribution in [0.3, 0.4) is 0 Å². The van der Waals surface area contributed by atoms with Gasteiger partial charge in [-0.3, -0.25) is 19.2 Å². The summed E-state index contributed by atoms with van der Waals surface area (Å²) < 4.78 is 166. The van der Waals surface area contributed by atoms with E-state index in [2.05, 4.69) is 0 Å². The smallest absolute Gasteiger partial charge is 0.416 e. The number of allylic oxidation sites excluding steroid dienone is 2. The molecule has 6 unspecified atom stereocenters. The summed E-state index contributed by atoms with van der Waals surface area (Å²) >= 11 is 0. The summed E-state index contributed by atoms with van der Waals surface area (Å²) in [7, 11) is 0.